The van der Waals surface area contributed by atoms with Gasteiger partial charge < -0.3 is 0 Å². The van der Waals surface area contributed by atoms with Gasteiger partial charge in [-0.2, -0.15) is 0 Å². The Morgan fingerprint density at radius 2 is 2.07 bits per heavy atom. The number of nitrogens with zero attached hydrogens (tertiary/aromatic N) is 1. The molecule has 4 rings (SSSR count). The first-order valence-corrected chi connectivity index (χ1v) is 6.10. The predicted octanol–water partition coefficient (Wildman–Crippen LogP) is 2.87. The highest BCUT2D eigenvalue weighted by atomic mass is 16.6. The van der Waals surface area contributed by atoms with E-state index < -0.39 is 5.54 Å². The topological polar surface area (TPSA) is 43.1 Å². The Balaban J connectivity index is 2.02. The number of hydrogen-bond acceptors (Lipinski definition) is 2. The molecule has 4 aliphatic rings. The maximum atomic E-state index is 11.3. The van der Waals surface area contributed by atoms with Crippen LogP contribution in [-0.4, -0.2) is 10.5 Å². The largest absolute Gasteiger partial charge is 0.264 e. The standard InChI is InChI=1S/C12H19NO2/c1-8-10-3-9-4-11(8,2)7-12(5-9,6-10)13(14)15/h8-10H,3-7H2,1-2H3. The maximum absolute atomic E-state index is 11.3. The van der Waals surface area contributed by atoms with Crippen molar-refractivity contribution in [3.05, 3.63) is 10.1 Å². The zero-order valence-electron chi connectivity index (χ0n) is 9.53. The van der Waals surface area contributed by atoms with Gasteiger partial charge in [-0.1, -0.05) is 13.8 Å². The van der Waals surface area contributed by atoms with Crippen molar-refractivity contribution in [1.29, 1.82) is 0 Å². The molecule has 3 nitrogen and oxygen atoms in total. The normalized spacial score (nSPS) is 57.1. The van der Waals surface area contributed by atoms with E-state index in [1.807, 2.05) is 0 Å². The van der Waals surface area contributed by atoms with Crippen LogP contribution in [0, 0.1) is 33.3 Å². The van der Waals surface area contributed by atoms with E-state index >= 15 is 0 Å². The maximum Gasteiger partial charge on any atom is 0.223 e. The Bertz CT molecular complexity index is 330. The van der Waals surface area contributed by atoms with Crippen LogP contribution >= 0.6 is 0 Å². The smallest absolute Gasteiger partial charge is 0.223 e. The summed E-state index contributed by atoms with van der Waals surface area (Å²) >= 11 is 0. The summed E-state index contributed by atoms with van der Waals surface area (Å²) in [5, 5.41) is 11.3. The molecule has 0 aromatic rings. The molecule has 4 fully saturated rings. The molecule has 15 heavy (non-hydrogen) atoms. The fourth-order valence-electron chi connectivity index (χ4n) is 5.00. The third-order valence-electron chi connectivity index (χ3n) is 5.63. The van der Waals surface area contributed by atoms with E-state index in [9.17, 15) is 10.1 Å². The first kappa shape index (κ1) is 9.61. The molecule has 5 atom stereocenters. The molecule has 0 N–H and O–H groups in total. The van der Waals surface area contributed by atoms with Crippen molar-refractivity contribution in [1.82, 2.24) is 0 Å². The van der Waals surface area contributed by atoms with Crippen molar-refractivity contribution >= 4 is 0 Å². The fraction of sp³-hybridized carbons (Fsp3) is 1.00. The van der Waals surface area contributed by atoms with Crippen LogP contribution in [0.15, 0.2) is 0 Å². The van der Waals surface area contributed by atoms with Crippen LogP contribution in [0.2, 0.25) is 0 Å². The molecule has 4 aliphatic carbocycles. The molecule has 4 saturated carbocycles. The summed E-state index contributed by atoms with van der Waals surface area (Å²) < 4.78 is 0. The van der Waals surface area contributed by atoms with Crippen LogP contribution in [0.3, 0.4) is 0 Å². The molecule has 0 radical (unpaired) electrons. The van der Waals surface area contributed by atoms with Gasteiger partial charge in [-0.15, -0.1) is 0 Å². The highest BCUT2D eigenvalue weighted by Gasteiger charge is 2.65. The lowest BCUT2D eigenvalue weighted by Crippen LogP contribution is -2.61. The minimum absolute atomic E-state index is 0.0510. The molecular formula is C12H19NO2. The molecule has 0 aliphatic heterocycles. The summed E-state index contributed by atoms with van der Waals surface area (Å²) in [6.07, 6.45) is 5.04. The molecule has 0 aromatic carbocycles. The lowest BCUT2D eigenvalue weighted by atomic mass is 9.44. The molecule has 4 bridgehead atoms. The first-order chi connectivity index (χ1) is 6.95. The highest BCUT2D eigenvalue weighted by molar-refractivity contribution is 5.09. The zero-order valence-corrected chi connectivity index (χ0v) is 9.53. The average Bonchev–Trinajstić information content (AvgIpc) is 2.12. The molecule has 3 heteroatoms. The molecular weight excluding hydrogens is 190 g/mol. The third kappa shape index (κ3) is 1.07. The molecule has 0 saturated heterocycles. The lowest BCUT2D eigenvalue weighted by Gasteiger charge is -2.60. The molecule has 0 amide bonds. The summed E-state index contributed by atoms with van der Waals surface area (Å²) in [4.78, 5) is 11.4. The first-order valence-electron chi connectivity index (χ1n) is 6.10. The van der Waals surface area contributed by atoms with E-state index in [0.29, 0.717) is 17.8 Å². The summed E-state index contributed by atoms with van der Waals surface area (Å²) in [6.45, 7) is 4.60. The van der Waals surface area contributed by atoms with E-state index in [1.54, 1.807) is 0 Å². The monoisotopic (exact) mass is 209 g/mol. The summed E-state index contributed by atoms with van der Waals surface area (Å²) in [6, 6.07) is 0. The van der Waals surface area contributed by atoms with Gasteiger partial charge in [0.15, 0.2) is 0 Å². The van der Waals surface area contributed by atoms with E-state index in [-0.39, 0.29) is 10.3 Å². The van der Waals surface area contributed by atoms with E-state index in [2.05, 4.69) is 13.8 Å². The minimum atomic E-state index is -0.535. The highest BCUT2D eigenvalue weighted by Crippen LogP contribution is 2.64. The summed E-state index contributed by atoms with van der Waals surface area (Å²) in [5.41, 5.74) is -0.274. The molecule has 0 heterocycles. The van der Waals surface area contributed by atoms with Crippen LogP contribution in [-0.2, 0) is 0 Å². The van der Waals surface area contributed by atoms with Crippen LogP contribution in [0.1, 0.15) is 46.0 Å². The van der Waals surface area contributed by atoms with Gasteiger partial charge in [0.2, 0.25) is 5.54 Å². The Morgan fingerprint density at radius 1 is 1.33 bits per heavy atom. The van der Waals surface area contributed by atoms with E-state index in [1.165, 1.54) is 12.8 Å². The van der Waals surface area contributed by atoms with Crippen molar-refractivity contribution in [3.8, 4) is 0 Å². The van der Waals surface area contributed by atoms with Crippen molar-refractivity contribution in [2.45, 2.75) is 51.5 Å². The van der Waals surface area contributed by atoms with E-state index in [4.69, 9.17) is 0 Å². The van der Waals surface area contributed by atoms with Gasteiger partial charge in [-0.05, 0) is 36.0 Å². The van der Waals surface area contributed by atoms with Crippen LogP contribution < -0.4 is 0 Å². The second-order valence-corrected chi connectivity index (χ2v) is 6.58. The molecule has 84 valence electrons. The second kappa shape index (κ2) is 2.55. The van der Waals surface area contributed by atoms with Crippen LogP contribution in [0.25, 0.3) is 0 Å². The lowest BCUT2D eigenvalue weighted by molar-refractivity contribution is -0.593. The second-order valence-electron chi connectivity index (χ2n) is 6.58. The van der Waals surface area contributed by atoms with Gasteiger partial charge in [-0.3, -0.25) is 10.1 Å². The van der Waals surface area contributed by atoms with Gasteiger partial charge in [0.05, 0.1) is 0 Å². The van der Waals surface area contributed by atoms with Gasteiger partial charge >= 0.3 is 0 Å². The minimum Gasteiger partial charge on any atom is -0.264 e. The Hall–Kier alpha value is -0.600. The van der Waals surface area contributed by atoms with Gasteiger partial charge in [0.1, 0.15) is 0 Å². The van der Waals surface area contributed by atoms with Crippen LogP contribution in [0.5, 0.6) is 0 Å². The number of nitro groups is 1. The van der Waals surface area contributed by atoms with Crippen molar-refractivity contribution < 1.29 is 4.92 Å². The number of hydrogen-bond donors (Lipinski definition) is 0. The third-order valence-corrected chi connectivity index (χ3v) is 5.63. The van der Waals surface area contributed by atoms with Crippen molar-refractivity contribution in [3.63, 3.8) is 0 Å². The summed E-state index contributed by atoms with van der Waals surface area (Å²) in [5.74, 6) is 1.97. The zero-order chi connectivity index (χ0) is 10.8. The van der Waals surface area contributed by atoms with Crippen LogP contribution in [0.4, 0.5) is 0 Å². The van der Waals surface area contributed by atoms with Gasteiger partial charge in [0, 0.05) is 24.2 Å². The predicted molar refractivity (Wildman–Crippen MR) is 57.1 cm³/mol. The Kier molecular flexibility index (Phi) is 1.64. The molecule has 0 aromatic heterocycles. The average molecular weight is 209 g/mol. The fourth-order valence-corrected chi connectivity index (χ4v) is 5.00. The molecule has 0 spiro atoms. The number of rotatable bonds is 1. The van der Waals surface area contributed by atoms with Gasteiger partial charge in [0.25, 0.3) is 0 Å². The van der Waals surface area contributed by atoms with Crippen molar-refractivity contribution in [2.75, 3.05) is 0 Å². The SMILES string of the molecule is CC1C2CC3CC1(C)CC([N+](=O)[O-])(C3)C2. The van der Waals surface area contributed by atoms with Crippen molar-refractivity contribution in [2.24, 2.45) is 23.2 Å². The molecule has 5 unspecified atom stereocenters. The Morgan fingerprint density at radius 3 is 2.67 bits per heavy atom. The quantitative estimate of drug-likeness (QED) is 0.492. The Labute approximate surface area is 90.4 Å². The summed E-state index contributed by atoms with van der Waals surface area (Å²) in [7, 11) is 0. The van der Waals surface area contributed by atoms with Gasteiger partial charge in [-0.25, -0.2) is 0 Å². The van der Waals surface area contributed by atoms with E-state index in [0.717, 1.165) is 19.3 Å².